The largest absolute Gasteiger partial charge is 0.411 e. The van der Waals surface area contributed by atoms with Crippen LogP contribution >= 0.6 is 11.8 Å². The molecule has 0 aliphatic rings. The van der Waals surface area contributed by atoms with Crippen LogP contribution in [0.2, 0.25) is 0 Å². The molecule has 0 aliphatic heterocycles. The van der Waals surface area contributed by atoms with E-state index in [4.69, 9.17) is 4.42 Å². The van der Waals surface area contributed by atoms with Crippen molar-refractivity contribution in [3.63, 3.8) is 0 Å². The molecule has 1 amide bonds. The van der Waals surface area contributed by atoms with Crippen LogP contribution in [0.3, 0.4) is 0 Å². The summed E-state index contributed by atoms with van der Waals surface area (Å²) in [5, 5.41) is 11.6. The van der Waals surface area contributed by atoms with Crippen molar-refractivity contribution in [2.24, 2.45) is 0 Å². The van der Waals surface area contributed by atoms with Crippen LogP contribution in [0.15, 0.2) is 58.2 Å². The number of nitrogens with one attached hydrogen (secondary N) is 1. The Kier molecular flexibility index (Phi) is 6.87. The second kappa shape index (κ2) is 9.55. The van der Waals surface area contributed by atoms with E-state index in [1.807, 2.05) is 51.1 Å². The molecule has 0 radical (unpaired) electrons. The van der Waals surface area contributed by atoms with Crippen molar-refractivity contribution in [3.05, 3.63) is 65.2 Å². The van der Waals surface area contributed by atoms with Crippen molar-refractivity contribution in [1.82, 2.24) is 15.5 Å². The molecule has 0 fully saturated rings. The number of hydrogen-bond donors (Lipinski definition) is 1. The van der Waals surface area contributed by atoms with Crippen molar-refractivity contribution >= 4 is 17.7 Å². The van der Waals surface area contributed by atoms with Crippen LogP contribution < -0.4 is 5.32 Å². The van der Waals surface area contributed by atoms with Gasteiger partial charge in [-0.1, -0.05) is 59.3 Å². The van der Waals surface area contributed by atoms with Crippen LogP contribution in [0.4, 0.5) is 0 Å². The number of aryl methyl sites for hydroxylation is 3. The van der Waals surface area contributed by atoms with E-state index in [0.29, 0.717) is 11.1 Å². The fraction of sp³-hybridized carbons (Fsp3) is 0.318. The molecule has 146 valence electrons. The molecule has 1 aromatic heterocycles. The number of thioether (sulfide) groups is 1. The average molecular weight is 396 g/mol. The predicted molar refractivity (Wildman–Crippen MR) is 112 cm³/mol. The van der Waals surface area contributed by atoms with Gasteiger partial charge < -0.3 is 9.73 Å². The third kappa shape index (κ3) is 5.96. The summed E-state index contributed by atoms with van der Waals surface area (Å²) in [4.78, 5) is 12.2. The first-order chi connectivity index (χ1) is 13.5. The minimum Gasteiger partial charge on any atom is -0.411 e. The number of aromatic nitrogens is 2. The molecule has 6 heteroatoms. The SMILES string of the molecule is Cc1cc(C)cc(-c2nnc(SCC(=O)N[C@H](C)CCc3ccccc3)o2)c1. The topological polar surface area (TPSA) is 68.0 Å². The van der Waals surface area contributed by atoms with Crippen LogP contribution in [0.1, 0.15) is 30.0 Å². The van der Waals surface area contributed by atoms with Crippen LogP contribution in [-0.2, 0) is 11.2 Å². The highest BCUT2D eigenvalue weighted by atomic mass is 32.2. The molecule has 0 spiro atoms. The van der Waals surface area contributed by atoms with E-state index in [9.17, 15) is 4.79 Å². The number of rotatable bonds is 8. The van der Waals surface area contributed by atoms with Gasteiger partial charge in [0.1, 0.15) is 0 Å². The van der Waals surface area contributed by atoms with E-state index in [2.05, 4.69) is 33.7 Å². The fourth-order valence-electron chi connectivity index (χ4n) is 3.03. The van der Waals surface area contributed by atoms with E-state index in [1.165, 1.54) is 17.3 Å². The summed E-state index contributed by atoms with van der Waals surface area (Å²) in [7, 11) is 0. The van der Waals surface area contributed by atoms with Crippen molar-refractivity contribution < 1.29 is 9.21 Å². The summed E-state index contributed by atoms with van der Waals surface area (Å²) in [6.07, 6.45) is 1.84. The lowest BCUT2D eigenvalue weighted by Gasteiger charge is -2.13. The van der Waals surface area contributed by atoms with Gasteiger partial charge in [0.25, 0.3) is 5.22 Å². The van der Waals surface area contributed by atoms with Gasteiger partial charge in [0.2, 0.25) is 11.8 Å². The van der Waals surface area contributed by atoms with E-state index >= 15 is 0 Å². The molecule has 0 aliphatic carbocycles. The predicted octanol–water partition coefficient (Wildman–Crippen LogP) is 4.58. The maximum atomic E-state index is 12.2. The Morgan fingerprint density at radius 2 is 1.82 bits per heavy atom. The minimum absolute atomic E-state index is 0.0308. The molecule has 3 aromatic rings. The number of hydrogen-bond acceptors (Lipinski definition) is 5. The minimum atomic E-state index is -0.0308. The molecule has 5 nitrogen and oxygen atoms in total. The van der Waals surface area contributed by atoms with Gasteiger partial charge in [-0.15, -0.1) is 10.2 Å². The van der Waals surface area contributed by atoms with Crippen LogP contribution in [0.25, 0.3) is 11.5 Å². The highest BCUT2D eigenvalue weighted by Crippen LogP contribution is 2.24. The zero-order valence-electron chi connectivity index (χ0n) is 16.4. The number of nitrogens with zero attached hydrogens (tertiary/aromatic N) is 2. The number of carbonyl (C=O) groups is 1. The monoisotopic (exact) mass is 395 g/mol. The maximum Gasteiger partial charge on any atom is 0.277 e. The van der Waals surface area contributed by atoms with E-state index < -0.39 is 0 Å². The lowest BCUT2D eigenvalue weighted by Crippen LogP contribution is -2.34. The van der Waals surface area contributed by atoms with Gasteiger partial charge in [-0.3, -0.25) is 4.79 Å². The highest BCUT2D eigenvalue weighted by Gasteiger charge is 2.13. The third-order valence-corrected chi connectivity index (χ3v) is 5.14. The molecular formula is C22H25N3O2S. The second-order valence-electron chi connectivity index (χ2n) is 7.03. The fourth-order valence-corrected chi connectivity index (χ4v) is 3.60. The van der Waals surface area contributed by atoms with Gasteiger partial charge in [0.05, 0.1) is 5.75 Å². The lowest BCUT2D eigenvalue weighted by molar-refractivity contribution is -0.119. The molecule has 1 heterocycles. The van der Waals surface area contributed by atoms with Crippen molar-refractivity contribution in [1.29, 1.82) is 0 Å². The number of amides is 1. The Labute approximate surface area is 170 Å². The van der Waals surface area contributed by atoms with Gasteiger partial charge in [-0.2, -0.15) is 0 Å². The first kappa shape index (κ1) is 20.1. The molecule has 1 N–H and O–H groups in total. The van der Waals surface area contributed by atoms with E-state index in [1.54, 1.807) is 0 Å². The molecule has 1 atom stereocenters. The summed E-state index contributed by atoms with van der Waals surface area (Å²) in [6, 6.07) is 16.5. The van der Waals surface area contributed by atoms with Crippen molar-refractivity contribution in [3.8, 4) is 11.5 Å². The Morgan fingerprint density at radius 3 is 2.54 bits per heavy atom. The van der Waals surface area contributed by atoms with Gasteiger partial charge in [0.15, 0.2) is 0 Å². The van der Waals surface area contributed by atoms with Gasteiger partial charge >= 0.3 is 0 Å². The molecular weight excluding hydrogens is 370 g/mol. The summed E-state index contributed by atoms with van der Waals surface area (Å²) in [6.45, 7) is 6.09. The first-order valence-electron chi connectivity index (χ1n) is 9.38. The molecule has 28 heavy (non-hydrogen) atoms. The zero-order valence-corrected chi connectivity index (χ0v) is 17.3. The van der Waals surface area contributed by atoms with E-state index in [0.717, 1.165) is 29.5 Å². The normalized spacial score (nSPS) is 12.0. The summed E-state index contributed by atoms with van der Waals surface area (Å²) >= 11 is 1.26. The summed E-state index contributed by atoms with van der Waals surface area (Å²) in [5.74, 6) is 0.701. The maximum absolute atomic E-state index is 12.2. The first-order valence-corrected chi connectivity index (χ1v) is 10.4. The smallest absolute Gasteiger partial charge is 0.277 e. The van der Waals surface area contributed by atoms with Crippen molar-refractivity contribution in [2.75, 3.05) is 5.75 Å². The number of benzene rings is 2. The average Bonchev–Trinajstić information content (AvgIpc) is 3.14. The van der Waals surface area contributed by atoms with Crippen LogP contribution in [0.5, 0.6) is 0 Å². The Bertz CT molecular complexity index is 904. The lowest BCUT2D eigenvalue weighted by atomic mass is 10.1. The van der Waals surface area contributed by atoms with Crippen LogP contribution in [0, 0.1) is 13.8 Å². The quantitative estimate of drug-likeness (QED) is 0.565. The molecule has 0 unspecified atom stereocenters. The third-order valence-electron chi connectivity index (χ3n) is 4.32. The molecule has 0 saturated carbocycles. The van der Waals surface area contributed by atoms with Gasteiger partial charge in [0, 0.05) is 11.6 Å². The Hall–Kier alpha value is -2.60. The summed E-state index contributed by atoms with van der Waals surface area (Å²) in [5.41, 5.74) is 4.47. The second-order valence-corrected chi connectivity index (χ2v) is 7.96. The summed E-state index contributed by atoms with van der Waals surface area (Å²) < 4.78 is 5.70. The standard InChI is InChI=1S/C22H25N3O2S/c1-15-11-16(2)13-19(12-15)21-24-25-22(27-21)28-14-20(26)23-17(3)9-10-18-7-5-4-6-8-18/h4-8,11-13,17H,9-10,14H2,1-3H3,(H,23,26)/t17-/m1/s1. The molecule has 2 aromatic carbocycles. The Morgan fingerprint density at radius 1 is 1.11 bits per heavy atom. The van der Waals surface area contributed by atoms with E-state index in [-0.39, 0.29) is 17.7 Å². The van der Waals surface area contributed by atoms with Gasteiger partial charge in [-0.25, -0.2) is 0 Å². The highest BCUT2D eigenvalue weighted by molar-refractivity contribution is 7.99. The van der Waals surface area contributed by atoms with Crippen molar-refractivity contribution in [2.45, 2.75) is 44.9 Å². The zero-order chi connectivity index (χ0) is 19.9. The molecule has 3 rings (SSSR count). The van der Waals surface area contributed by atoms with Crippen LogP contribution in [-0.4, -0.2) is 27.9 Å². The number of carbonyl (C=O) groups excluding carboxylic acids is 1. The van der Waals surface area contributed by atoms with Gasteiger partial charge in [-0.05, 0) is 51.3 Å². The molecule has 0 saturated heterocycles. The molecule has 0 bridgehead atoms. The Balaban J connectivity index is 1.46.